The van der Waals surface area contributed by atoms with E-state index in [1.807, 2.05) is 20.8 Å². The van der Waals surface area contributed by atoms with Gasteiger partial charge in [0.1, 0.15) is 11.6 Å². The second-order valence-electron chi connectivity index (χ2n) is 5.45. The van der Waals surface area contributed by atoms with E-state index in [2.05, 4.69) is 15.6 Å². The Morgan fingerprint density at radius 2 is 1.73 bits per heavy atom. The summed E-state index contributed by atoms with van der Waals surface area (Å²) in [5, 5.41) is 6.09. The van der Waals surface area contributed by atoms with Gasteiger partial charge in [-0.05, 0) is 39.3 Å². The molecule has 1 aromatic rings. The molecule has 0 spiro atoms. The fourth-order valence-corrected chi connectivity index (χ4v) is 2.42. The van der Waals surface area contributed by atoms with Gasteiger partial charge in [0.2, 0.25) is 5.91 Å². The van der Waals surface area contributed by atoms with Crippen LogP contribution in [0.25, 0.3) is 0 Å². The molecule has 0 atom stereocenters. The number of carbonyl (C=O) groups excluding carboxylic acids is 1. The Morgan fingerprint density at radius 3 is 2.27 bits per heavy atom. The summed E-state index contributed by atoms with van der Waals surface area (Å²) in [6.45, 7) is 8.54. The Labute approximate surface area is 171 Å². The first-order chi connectivity index (χ1) is 12.0. The van der Waals surface area contributed by atoms with Crippen molar-refractivity contribution in [3.63, 3.8) is 0 Å². The minimum Gasteiger partial charge on any atom is -0.357 e. The van der Waals surface area contributed by atoms with Gasteiger partial charge in [0, 0.05) is 38.2 Å². The molecule has 1 amide bonds. The molecule has 0 aliphatic rings. The number of nitrogens with one attached hydrogen (secondary N) is 2. The number of benzene rings is 1. The Hall–Kier alpha value is -1.45. The van der Waals surface area contributed by atoms with Crippen molar-refractivity contribution >= 4 is 35.8 Å². The third kappa shape index (κ3) is 8.29. The van der Waals surface area contributed by atoms with Gasteiger partial charge >= 0.3 is 0 Å². The Morgan fingerprint density at radius 1 is 1.12 bits per heavy atom. The highest BCUT2D eigenvalue weighted by Crippen LogP contribution is 2.11. The number of guanidine groups is 1. The summed E-state index contributed by atoms with van der Waals surface area (Å²) in [5.74, 6) is -0.494. The molecule has 148 valence electrons. The first-order valence-corrected chi connectivity index (χ1v) is 8.76. The van der Waals surface area contributed by atoms with Crippen LogP contribution in [0.3, 0.4) is 0 Å². The predicted octanol–water partition coefficient (Wildman–Crippen LogP) is 2.94. The molecule has 0 fully saturated rings. The van der Waals surface area contributed by atoms with E-state index in [1.165, 1.54) is 18.2 Å². The van der Waals surface area contributed by atoms with Gasteiger partial charge in [0.15, 0.2) is 5.96 Å². The summed E-state index contributed by atoms with van der Waals surface area (Å²) in [4.78, 5) is 18.1. The molecule has 0 aromatic heterocycles. The van der Waals surface area contributed by atoms with Crippen LogP contribution in [0.1, 0.15) is 32.8 Å². The van der Waals surface area contributed by atoms with Gasteiger partial charge in [-0.25, -0.2) is 8.78 Å². The highest BCUT2D eigenvalue weighted by molar-refractivity contribution is 14.0. The molecule has 0 aliphatic carbocycles. The topological polar surface area (TPSA) is 56.7 Å². The predicted molar refractivity (Wildman–Crippen MR) is 112 cm³/mol. The normalized spacial score (nSPS) is 10.9. The summed E-state index contributed by atoms with van der Waals surface area (Å²) >= 11 is 0. The van der Waals surface area contributed by atoms with Gasteiger partial charge in [-0.1, -0.05) is 6.07 Å². The number of amides is 1. The van der Waals surface area contributed by atoms with E-state index in [-0.39, 0.29) is 41.9 Å². The molecular weight excluding hydrogens is 453 g/mol. The van der Waals surface area contributed by atoms with Crippen LogP contribution < -0.4 is 10.6 Å². The van der Waals surface area contributed by atoms with Crippen LogP contribution >= 0.6 is 24.0 Å². The molecule has 0 saturated carbocycles. The van der Waals surface area contributed by atoms with E-state index < -0.39 is 11.6 Å². The molecule has 2 N–H and O–H groups in total. The first-order valence-electron chi connectivity index (χ1n) is 8.76. The van der Waals surface area contributed by atoms with Crippen LogP contribution in [0.15, 0.2) is 23.2 Å². The first kappa shape index (κ1) is 24.6. The van der Waals surface area contributed by atoms with E-state index in [4.69, 9.17) is 0 Å². The third-order valence-corrected chi connectivity index (χ3v) is 3.79. The maximum Gasteiger partial charge on any atom is 0.224 e. The molecule has 8 heteroatoms. The molecule has 0 saturated heterocycles. The molecular formula is C18H29F2IN4O. The molecule has 1 rings (SSSR count). The van der Waals surface area contributed by atoms with Crippen LogP contribution in [0.2, 0.25) is 0 Å². The van der Waals surface area contributed by atoms with Crippen molar-refractivity contribution in [3.8, 4) is 0 Å². The quantitative estimate of drug-likeness (QED) is 0.324. The lowest BCUT2D eigenvalue weighted by molar-refractivity contribution is -0.130. The molecule has 0 bridgehead atoms. The lowest BCUT2D eigenvalue weighted by atomic mass is 10.1. The van der Waals surface area contributed by atoms with Crippen molar-refractivity contribution in [3.05, 3.63) is 35.4 Å². The van der Waals surface area contributed by atoms with Crippen molar-refractivity contribution < 1.29 is 13.6 Å². The SMILES string of the molecule is CCNC(=NCCC(=O)N(CC)CC)NCCc1c(F)cccc1F.I. The van der Waals surface area contributed by atoms with Crippen molar-refractivity contribution in [1.82, 2.24) is 15.5 Å². The van der Waals surface area contributed by atoms with Crippen LogP contribution in [0.4, 0.5) is 8.78 Å². The molecule has 5 nitrogen and oxygen atoms in total. The average Bonchev–Trinajstić information content (AvgIpc) is 2.58. The Bertz CT molecular complexity index is 560. The number of aliphatic imine (C=N–C) groups is 1. The highest BCUT2D eigenvalue weighted by Gasteiger charge is 2.10. The Kier molecular flexibility index (Phi) is 12.9. The number of rotatable bonds is 9. The summed E-state index contributed by atoms with van der Waals surface area (Å²) in [6.07, 6.45) is 0.543. The zero-order valence-corrected chi connectivity index (χ0v) is 18.0. The molecule has 0 aliphatic heterocycles. The fourth-order valence-electron chi connectivity index (χ4n) is 2.42. The van der Waals surface area contributed by atoms with E-state index in [9.17, 15) is 13.6 Å². The van der Waals surface area contributed by atoms with Gasteiger partial charge < -0.3 is 15.5 Å². The third-order valence-electron chi connectivity index (χ3n) is 3.79. The lowest BCUT2D eigenvalue weighted by Gasteiger charge is -2.18. The molecule has 0 heterocycles. The molecule has 26 heavy (non-hydrogen) atoms. The Balaban J connectivity index is 0.00000625. The van der Waals surface area contributed by atoms with Crippen molar-refractivity contribution in [2.75, 3.05) is 32.7 Å². The highest BCUT2D eigenvalue weighted by atomic mass is 127. The van der Waals surface area contributed by atoms with Crippen LogP contribution in [-0.4, -0.2) is 49.5 Å². The summed E-state index contributed by atoms with van der Waals surface area (Å²) < 4.78 is 27.2. The zero-order chi connectivity index (χ0) is 18.7. The molecule has 1 aromatic carbocycles. The average molecular weight is 482 g/mol. The maximum absolute atomic E-state index is 13.6. The number of hydrogen-bond acceptors (Lipinski definition) is 2. The van der Waals surface area contributed by atoms with Gasteiger partial charge in [-0.15, -0.1) is 24.0 Å². The molecule has 0 unspecified atom stereocenters. The number of hydrogen-bond donors (Lipinski definition) is 2. The minimum atomic E-state index is -0.548. The van der Waals surface area contributed by atoms with Gasteiger partial charge in [0.25, 0.3) is 0 Å². The van der Waals surface area contributed by atoms with E-state index in [0.717, 1.165) is 0 Å². The second kappa shape index (κ2) is 13.7. The van der Waals surface area contributed by atoms with Crippen molar-refractivity contribution in [1.29, 1.82) is 0 Å². The van der Waals surface area contributed by atoms with Crippen molar-refractivity contribution in [2.45, 2.75) is 33.6 Å². The van der Waals surface area contributed by atoms with E-state index in [0.29, 0.717) is 45.1 Å². The van der Waals surface area contributed by atoms with Crippen LogP contribution in [0, 0.1) is 11.6 Å². The van der Waals surface area contributed by atoms with Crippen LogP contribution in [0.5, 0.6) is 0 Å². The standard InChI is InChI=1S/C18H28F2N4O.HI/c1-4-21-18(23-13-11-17(25)24(5-2)6-3)22-12-10-14-15(19)8-7-9-16(14)20;/h7-9H,4-6,10-13H2,1-3H3,(H2,21,22,23);1H. The van der Waals surface area contributed by atoms with E-state index in [1.54, 1.807) is 4.90 Å². The minimum absolute atomic E-state index is 0. The van der Waals surface area contributed by atoms with Gasteiger partial charge in [-0.3, -0.25) is 9.79 Å². The largest absolute Gasteiger partial charge is 0.357 e. The number of halogens is 3. The molecule has 0 radical (unpaired) electrons. The van der Waals surface area contributed by atoms with Gasteiger partial charge in [0.05, 0.1) is 6.54 Å². The van der Waals surface area contributed by atoms with Crippen LogP contribution in [-0.2, 0) is 11.2 Å². The fraction of sp³-hybridized carbons (Fsp3) is 0.556. The summed E-state index contributed by atoms with van der Waals surface area (Å²) in [6, 6.07) is 3.84. The number of carbonyl (C=O) groups is 1. The zero-order valence-electron chi connectivity index (χ0n) is 15.6. The summed E-state index contributed by atoms with van der Waals surface area (Å²) in [7, 11) is 0. The monoisotopic (exact) mass is 482 g/mol. The smallest absolute Gasteiger partial charge is 0.224 e. The van der Waals surface area contributed by atoms with E-state index >= 15 is 0 Å². The second-order valence-corrected chi connectivity index (χ2v) is 5.45. The van der Waals surface area contributed by atoms with Crippen molar-refractivity contribution in [2.24, 2.45) is 4.99 Å². The number of nitrogens with zero attached hydrogens (tertiary/aromatic N) is 2. The lowest BCUT2D eigenvalue weighted by Crippen LogP contribution is -2.39. The summed E-state index contributed by atoms with van der Waals surface area (Å²) in [5.41, 5.74) is 0.0579. The maximum atomic E-state index is 13.6. The van der Waals surface area contributed by atoms with Gasteiger partial charge in [-0.2, -0.15) is 0 Å².